The van der Waals surface area contributed by atoms with Crippen molar-refractivity contribution in [2.75, 3.05) is 13.6 Å². The van der Waals surface area contributed by atoms with Crippen LogP contribution in [0.4, 0.5) is 4.39 Å². The Bertz CT molecular complexity index is 1390. The molecule has 1 aliphatic carbocycles. The molecule has 0 spiro atoms. The maximum Gasteiger partial charge on any atom is 0.303 e. The zero-order valence-electron chi connectivity index (χ0n) is 20.0. The van der Waals surface area contributed by atoms with Crippen molar-refractivity contribution in [2.24, 2.45) is 0 Å². The molecular weight excluding hydrogens is 489 g/mol. The Kier molecular flexibility index (Phi) is 7.70. The normalized spacial score (nSPS) is 13.6. The average Bonchev–Trinajstić information content (AvgIpc) is 3.61. The van der Waals surface area contributed by atoms with E-state index in [1.807, 2.05) is 6.07 Å². The predicted octanol–water partition coefficient (Wildman–Crippen LogP) is 3.76. The molecule has 192 valence electrons. The molecule has 2 aromatic heterocycles. The van der Waals surface area contributed by atoms with Crippen LogP contribution in [0.3, 0.4) is 0 Å². The molecule has 11 heteroatoms. The standard InChI is InChI=1S/C25H28FN3O6S/c1-14-6-7-16(11-19(14)26)23-22(24(32)27-2)18-12-17(15-8-9-15)20(28-25(18)35-23)13-29(36(33)34)10-4-3-5-21(30)31/h6-7,11-12,15,36H,3-5,8-10,13H2,1-2H3,(H,27,32)(H,30,31). The van der Waals surface area contributed by atoms with Gasteiger partial charge in [0, 0.05) is 25.6 Å². The summed E-state index contributed by atoms with van der Waals surface area (Å²) in [5, 5.41) is 11.9. The van der Waals surface area contributed by atoms with Gasteiger partial charge in [-0.1, -0.05) is 12.1 Å². The summed E-state index contributed by atoms with van der Waals surface area (Å²) in [7, 11) is -1.42. The number of carboxylic acid groups (broad SMARTS) is 1. The fraction of sp³-hybridized carbons (Fsp3) is 0.400. The lowest BCUT2D eigenvalue weighted by Gasteiger charge is -2.17. The number of aliphatic carboxylic acids is 1. The van der Waals surface area contributed by atoms with Crippen LogP contribution >= 0.6 is 0 Å². The highest BCUT2D eigenvalue weighted by molar-refractivity contribution is 7.69. The van der Waals surface area contributed by atoms with Gasteiger partial charge < -0.3 is 14.8 Å². The van der Waals surface area contributed by atoms with Crippen LogP contribution in [0.2, 0.25) is 0 Å². The molecule has 0 aliphatic heterocycles. The van der Waals surface area contributed by atoms with E-state index in [-0.39, 0.29) is 42.5 Å². The van der Waals surface area contributed by atoms with E-state index in [1.165, 1.54) is 17.4 Å². The summed E-state index contributed by atoms with van der Waals surface area (Å²) < 4.78 is 45.4. The number of hydrogen-bond acceptors (Lipinski definition) is 6. The van der Waals surface area contributed by atoms with E-state index in [2.05, 4.69) is 10.3 Å². The summed E-state index contributed by atoms with van der Waals surface area (Å²) in [4.78, 5) is 28.2. The number of hydrogen-bond donors (Lipinski definition) is 3. The highest BCUT2D eigenvalue weighted by Gasteiger charge is 2.31. The zero-order chi connectivity index (χ0) is 26.0. The van der Waals surface area contributed by atoms with Gasteiger partial charge in [-0.25, -0.2) is 17.8 Å². The molecule has 1 saturated carbocycles. The number of nitrogens with zero attached hydrogens (tertiary/aromatic N) is 2. The Labute approximate surface area is 209 Å². The van der Waals surface area contributed by atoms with E-state index in [1.54, 1.807) is 19.1 Å². The van der Waals surface area contributed by atoms with E-state index in [0.717, 1.165) is 18.4 Å². The average molecular weight is 518 g/mol. The fourth-order valence-electron chi connectivity index (χ4n) is 4.20. The number of halogens is 1. The number of unbranched alkanes of at least 4 members (excludes halogenated alkanes) is 1. The molecule has 1 aliphatic rings. The highest BCUT2D eigenvalue weighted by Crippen LogP contribution is 2.44. The number of pyridine rings is 1. The van der Waals surface area contributed by atoms with Crippen LogP contribution in [0.5, 0.6) is 0 Å². The van der Waals surface area contributed by atoms with Crippen molar-refractivity contribution in [3.8, 4) is 11.3 Å². The van der Waals surface area contributed by atoms with Gasteiger partial charge in [-0.15, -0.1) is 0 Å². The van der Waals surface area contributed by atoms with Crippen molar-refractivity contribution in [1.82, 2.24) is 14.6 Å². The predicted molar refractivity (Wildman–Crippen MR) is 132 cm³/mol. The molecule has 0 bridgehead atoms. The first kappa shape index (κ1) is 25.8. The number of aromatic nitrogens is 1. The van der Waals surface area contributed by atoms with Crippen LogP contribution in [0, 0.1) is 12.7 Å². The molecule has 1 fully saturated rings. The van der Waals surface area contributed by atoms with Crippen LogP contribution in [0.1, 0.15) is 65.2 Å². The summed E-state index contributed by atoms with van der Waals surface area (Å²) in [6.45, 7) is 1.82. The Morgan fingerprint density at radius 3 is 2.61 bits per heavy atom. The third-order valence-electron chi connectivity index (χ3n) is 6.32. The summed E-state index contributed by atoms with van der Waals surface area (Å²) in [5.41, 5.74) is 2.65. The molecule has 0 atom stereocenters. The van der Waals surface area contributed by atoms with E-state index in [9.17, 15) is 22.4 Å². The molecule has 36 heavy (non-hydrogen) atoms. The van der Waals surface area contributed by atoms with Crippen LogP contribution in [-0.4, -0.2) is 48.3 Å². The molecule has 1 aromatic carbocycles. The van der Waals surface area contributed by atoms with E-state index in [4.69, 9.17) is 9.52 Å². The minimum absolute atomic E-state index is 0.0120. The molecular formula is C25H28FN3O6S. The number of nitrogens with one attached hydrogen (secondary N) is 1. The van der Waals surface area contributed by atoms with Crippen LogP contribution in [0.25, 0.3) is 22.4 Å². The molecule has 9 nitrogen and oxygen atoms in total. The Morgan fingerprint density at radius 1 is 1.25 bits per heavy atom. The third-order valence-corrected chi connectivity index (χ3v) is 7.12. The quantitative estimate of drug-likeness (QED) is 0.261. The lowest BCUT2D eigenvalue weighted by molar-refractivity contribution is -0.137. The number of fused-ring (bicyclic) bond motifs is 1. The number of furan rings is 1. The zero-order valence-corrected chi connectivity index (χ0v) is 20.9. The van der Waals surface area contributed by atoms with Gasteiger partial charge in [0.2, 0.25) is 16.6 Å². The second kappa shape index (κ2) is 10.8. The number of rotatable bonds is 11. The van der Waals surface area contributed by atoms with Gasteiger partial charge in [-0.05, 0) is 61.8 Å². The third kappa shape index (κ3) is 5.57. The first-order valence-electron chi connectivity index (χ1n) is 11.8. The van der Waals surface area contributed by atoms with Gasteiger partial charge in [-0.3, -0.25) is 9.59 Å². The second-order valence-corrected chi connectivity index (χ2v) is 10.0. The molecule has 0 unspecified atom stereocenters. The lowest BCUT2D eigenvalue weighted by atomic mass is 10.0. The van der Waals surface area contributed by atoms with Crippen LogP contribution in [-0.2, 0) is 22.2 Å². The maximum atomic E-state index is 14.3. The van der Waals surface area contributed by atoms with Gasteiger partial charge in [-0.2, -0.15) is 4.31 Å². The largest absolute Gasteiger partial charge is 0.481 e. The maximum absolute atomic E-state index is 14.3. The number of carbonyl (C=O) groups is 2. The smallest absolute Gasteiger partial charge is 0.303 e. The van der Waals surface area contributed by atoms with Crippen molar-refractivity contribution in [3.63, 3.8) is 0 Å². The lowest BCUT2D eigenvalue weighted by Crippen LogP contribution is -2.24. The number of carbonyl (C=O) groups excluding carboxylic acids is 1. The second-order valence-electron chi connectivity index (χ2n) is 8.98. The number of thiol groups is 1. The fourth-order valence-corrected chi connectivity index (χ4v) is 4.75. The van der Waals surface area contributed by atoms with Gasteiger partial charge in [0.25, 0.3) is 5.91 Å². The first-order valence-corrected chi connectivity index (χ1v) is 12.9. The molecule has 1 amide bonds. The number of aryl methyl sites for hydroxylation is 1. The van der Waals surface area contributed by atoms with Crippen molar-refractivity contribution >= 4 is 33.9 Å². The molecule has 0 radical (unpaired) electrons. The Balaban J connectivity index is 1.76. The van der Waals surface area contributed by atoms with E-state index in [0.29, 0.717) is 35.0 Å². The molecule has 2 heterocycles. The van der Waals surface area contributed by atoms with E-state index < -0.39 is 28.6 Å². The number of amides is 1. The van der Waals surface area contributed by atoms with Gasteiger partial charge in [0.15, 0.2) is 0 Å². The molecule has 3 aromatic rings. The van der Waals surface area contributed by atoms with Crippen molar-refractivity contribution < 1.29 is 31.9 Å². The van der Waals surface area contributed by atoms with E-state index >= 15 is 0 Å². The highest BCUT2D eigenvalue weighted by atomic mass is 32.2. The van der Waals surface area contributed by atoms with Crippen molar-refractivity contribution in [3.05, 3.63) is 52.5 Å². The monoisotopic (exact) mass is 517 g/mol. The minimum atomic E-state index is -2.92. The van der Waals surface area contributed by atoms with Crippen molar-refractivity contribution in [2.45, 2.75) is 51.5 Å². The van der Waals surface area contributed by atoms with Gasteiger partial charge >= 0.3 is 5.97 Å². The van der Waals surface area contributed by atoms with Crippen molar-refractivity contribution in [1.29, 1.82) is 0 Å². The molecule has 2 N–H and O–H groups in total. The SMILES string of the molecule is CNC(=O)c1c(-c2ccc(C)c(F)c2)oc2nc(CN(CCCCC(=O)O)[SH](=O)=O)c(C3CC3)cc12. The van der Waals surface area contributed by atoms with Crippen LogP contribution in [0.15, 0.2) is 28.7 Å². The first-order chi connectivity index (χ1) is 17.2. The van der Waals surface area contributed by atoms with Gasteiger partial charge in [0.1, 0.15) is 11.6 Å². The Morgan fingerprint density at radius 2 is 2.00 bits per heavy atom. The molecule has 4 rings (SSSR count). The topological polar surface area (TPSA) is 130 Å². The minimum Gasteiger partial charge on any atom is -0.481 e. The Hall–Kier alpha value is -3.31. The summed E-state index contributed by atoms with van der Waals surface area (Å²) in [6, 6.07) is 6.42. The molecule has 0 saturated heterocycles. The van der Waals surface area contributed by atoms with Gasteiger partial charge in [0.05, 0.1) is 23.2 Å². The number of benzene rings is 1. The summed E-state index contributed by atoms with van der Waals surface area (Å²) in [6.07, 6.45) is 2.58. The van der Waals surface area contributed by atoms with Crippen LogP contribution < -0.4 is 5.32 Å². The number of carboxylic acids is 1. The summed E-state index contributed by atoms with van der Waals surface area (Å²) in [5.74, 6) is -1.37. The summed E-state index contributed by atoms with van der Waals surface area (Å²) >= 11 is 0.